The van der Waals surface area contributed by atoms with Gasteiger partial charge in [-0.05, 0) is 6.42 Å². The third-order valence-corrected chi connectivity index (χ3v) is 1.99. The summed E-state index contributed by atoms with van der Waals surface area (Å²) in [4.78, 5) is 10.1. The maximum absolute atomic E-state index is 10.1. The number of unbranched alkanes of at least 4 members (excludes halogenated alkanes) is 6. The second-order valence-corrected chi connectivity index (χ2v) is 3.77. The van der Waals surface area contributed by atoms with Gasteiger partial charge in [0.1, 0.15) is 0 Å². The Labute approximate surface area is 113 Å². The molecule has 0 spiro atoms. The maximum Gasteiger partial charge on any atom is 1.00 e. The first kappa shape index (κ1) is 21.4. The minimum Gasteiger partial charge on any atom is -0.481 e. The normalized spacial score (nSPS) is 8.69. The van der Waals surface area contributed by atoms with Crippen molar-refractivity contribution in [2.24, 2.45) is 0 Å². The molecular weight excluding hydrogens is 195 g/mol. The predicted molar refractivity (Wildman–Crippen MR) is 65.9 cm³/mol. The van der Waals surface area contributed by atoms with Crippen LogP contribution in [0.1, 0.15) is 71.6 Å². The van der Waals surface area contributed by atoms with Gasteiger partial charge in [0, 0.05) is 6.42 Å². The van der Waals surface area contributed by atoms with E-state index >= 15 is 0 Å². The van der Waals surface area contributed by atoms with Crippen molar-refractivity contribution >= 4 is 5.97 Å². The number of carbonyl (C=O) groups is 1. The minimum atomic E-state index is -0.663. The van der Waals surface area contributed by atoms with Gasteiger partial charge in [-0.1, -0.05) is 52.4 Å². The van der Waals surface area contributed by atoms with Crippen molar-refractivity contribution in [1.82, 2.24) is 0 Å². The smallest absolute Gasteiger partial charge is 0.481 e. The second-order valence-electron chi connectivity index (χ2n) is 3.77. The molecule has 16 heavy (non-hydrogen) atoms. The molecule has 0 unspecified atom stereocenters. The van der Waals surface area contributed by atoms with Crippen LogP contribution in [0.5, 0.6) is 0 Å². The Balaban J connectivity index is -0.000000377. The van der Waals surface area contributed by atoms with E-state index in [9.17, 15) is 4.79 Å². The van der Waals surface area contributed by atoms with Crippen LogP contribution >= 0.6 is 0 Å². The molecule has 92 valence electrons. The van der Waals surface area contributed by atoms with Crippen molar-refractivity contribution in [3.63, 3.8) is 0 Å². The van der Waals surface area contributed by atoms with Gasteiger partial charge in [0.25, 0.3) is 0 Å². The molecule has 0 heterocycles. The molecule has 3 heteroatoms. The fourth-order valence-electron chi connectivity index (χ4n) is 1.23. The van der Waals surface area contributed by atoms with Gasteiger partial charge in [-0.25, -0.2) is 0 Å². The number of hydrogen-bond acceptors (Lipinski definition) is 1. The summed E-state index contributed by atoms with van der Waals surface area (Å²) in [6, 6.07) is 0. The molecule has 0 aromatic carbocycles. The van der Waals surface area contributed by atoms with E-state index in [-0.39, 0.29) is 18.9 Å². The third kappa shape index (κ3) is 29.2. The van der Waals surface area contributed by atoms with E-state index in [1.54, 1.807) is 0 Å². The van der Waals surface area contributed by atoms with Crippen molar-refractivity contribution in [2.75, 3.05) is 0 Å². The van der Waals surface area contributed by atoms with Gasteiger partial charge in [0.05, 0.1) is 0 Å². The number of carboxylic acids is 1. The fourth-order valence-corrected chi connectivity index (χ4v) is 1.23. The van der Waals surface area contributed by atoms with Gasteiger partial charge in [-0.15, -0.1) is 0 Å². The first-order valence-corrected chi connectivity index (χ1v) is 6.20. The zero-order chi connectivity index (χ0) is 11.9. The molecule has 0 aromatic heterocycles. The summed E-state index contributed by atoms with van der Waals surface area (Å²) < 4.78 is 0. The van der Waals surface area contributed by atoms with Gasteiger partial charge in [0.15, 0.2) is 0 Å². The van der Waals surface area contributed by atoms with Crippen LogP contribution in [0.15, 0.2) is 0 Å². The third-order valence-electron chi connectivity index (χ3n) is 1.99. The standard InChI is InChI=1S/C10H20O2.C3H7.Li/c1-2-3-4-5-6-7-8-9-10(11)12;1-3-2;/h2-9H2,1H3,(H,11,12);1,3H2,2H3;/q;-1;+1. The molecule has 0 bridgehead atoms. The van der Waals surface area contributed by atoms with Gasteiger partial charge in [0.2, 0.25) is 0 Å². The molecular formula is C13H27LiO2. The van der Waals surface area contributed by atoms with Gasteiger partial charge in [-0.3, -0.25) is 4.79 Å². The number of aliphatic carboxylic acids is 1. The summed E-state index contributed by atoms with van der Waals surface area (Å²) in [5.74, 6) is -0.663. The summed E-state index contributed by atoms with van der Waals surface area (Å²) in [5.41, 5.74) is 0. The molecule has 0 saturated heterocycles. The topological polar surface area (TPSA) is 37.3 Å². The van der Waals surface area contributed by atoms with Crippen molar-refractivity contribution < 1.29 is 28.8 Å². The zero-order valence-electron chi connectivity index (χ0n) is 11.4. The van der Waals surface area contributed by atoms with E-state index in [4.69, 9.17) is 5.11 Å². The van der Waals surface area contributed by atoms with Crippen LogP contribution in [0.25, 0.3) is 0 Å². The molecule has 0 amide bonds. The summed E-state index contributed by atoms with van der Waals surface area (Å²) >= 11 is 0. The average molecular weight is 222 g/mol. The quantitative estimate of drug-likeness (QED) is 0.383. The second kappa shape index (κ2) is 20.5. The summed E-state index contributed by atoms with van der Waals surface area (Å²) in [5, 5.41) is 8.35. The van der Waals surface area contributed by atoms with Crippen molar-refractivity contribution in [3.05, 3.63) is 6.92 Å². The Kier molecular flexibility index (Phi) is 27.3. The van der Waals surface area contributed by atoms with Crippen molar-refractivity contribution in [1.29, 1.82) is 0 Å². The molecule has 0 rings (SSSR count). The Morgan fingerprint density at radius 2 is 1.38 bits per heavy atom. The number of carboxylic acid groups (broad SMARTS) is 1. The minimum absolute atomic E-state index is 0. The van der Waals surface area contributed by atoms with Crippen LogP contribution in [-0.4, -0.2) is 11.1 Å². The first-order chi connectivity index (χ1) is 7.18. The fraction of sp³-hybridized carbons (Fsp3) is 0.846. The van der Waals surface area contributed by atoms with Crippen LogP contribution in [0.3, 0.4) is 0 Å². The molecule has 0 atom stereocenters. The molecule has 1 N–H and O–H groups in total. The molecule has 0 fully saturated rings. The van der Waals surface area contributed by atoms with Gasteiger partial charge >= 0.3 is 24.8 Å². The average Bonchev–Trinajstić information content (AvgIpc) is 2.17. The van der Waals surface area contributed by atoms with Crippen LogP contribution in [0.2, 0.25) is 0 Å². The monoisotopic (exact) mass is 222 g/mol. The van der Waals surface area contributed by atoms with Gasteiger partial charge in [-0.2, -0.15) is 6.42 Å². The number of rotatable bonds is 8. The summed E-state index contributed by atoms with van der Waals surface area (Å²) in [7, 11) is 0. The van der Waals surface area contributed by atoms with E-state index in [0.29, 0.717) is 6.42 Å². The molecule has 0 saturated carbocycles. The molecule has 0 radical (unpaired) electrons. The molecule has 2 nitrogen and oxygen atoms in total. The van der Waals surface area contributed by atoms with E-state index in [1.807, 2.05) is 6.92 Å². The number of hydrogen-bond donors (Lipinski definition) is 1. The van der Waals surface area contributed by atoms with E-state index < -0.39 is 5.97 Å². The van der Waals surface area contributed by atoms with E-state index in [1.165, 1.54) is 32.1 Å². The first-order valence-electron chi connectivity index (χ1n) is 6.20. The predicted octanol–water partition coefficient (Wildman–Crippen LogP) is 1.45. The van der Waals surface area contributed by atoms with Crippen LogP contribution in [-0.2, 0) is 4.79 Å². The van der Waals surface area contributed by atoms with Crippen molar-refractivity contribution in [2.45, 2.75) is 71.6 Å². The Morgan fingerprint density at radius 1 is 1.00 bits per heavy atom. The maximum atomic E-state index is 10.1. The molecule has 0 aliphatic heterocycles. The molecule has 0 aliphatic carbocycles. The van der Waals surface area contributed by atoms with Crippen LogP contribution in [0.4, 0.5) is 0 Å². The zero-order valence-corrected chi connectivity index (χ0v) is 11.4. The Hall–Kier alpha value is 0.0674. The summed E-state index contributed by atoms with van der Waals surface area (Å²) in [6.07, 6.45) is 9.64. The Morgan fingerprint density at radius 3 is 1.75 bits per heavy atom. The van der Waals surface area contributed by atoms with Crippen LogP contribution < -0.4 is 18.9 Å². The van der Waals surface area contributed by atoms with Crippen molar-refractivity contribution in [3.8, 4) is 0 Å². The molecule has 0 aromatic rings. The summed E-state index contributed by atoms with van der Waals surface area (Å²) in [6.45, 7) is 7.70. The molecule has 0 aliphatic rings. The van der Waals surface area contributed by atoms with Gasteiger partial charge < -0.3 is 12.0 Å². The largest absolute Gasteiger partial charge is 1.00 e. The Bertz CT molecular complexity index is 127. The van der Waals surface area contributed by atoms with E-state index in [2.05, 4.69) is 13.8 Å². The SMILES string of the molecule is CCCCCCCCCC(=O)O.[CH2-]CC.[Li+]. The van der Waals surface area contributed by atoms with Crippen LogP contribution in [0, 0.1) is 6.92 Å². The van der Waals surface area contributed by atoms with E-state index in [0.717, 1.165) is 19.3 Å².